The lowest BCUT2D eigenvalue weighted by molar-refractivity contribution is 1.30. The van der Waals surface area contributed by atoms with Gasteiger partial charge in [-0.05, 0) is 81.1 Å². The molecule has 0 aliphatic carbocycles. The average Bonchev–Trinajstić information content (AvgIpc) is 3.83. The van der Waals surface area contributed by atoms with Gasteiger partial charge in [-0.15, -0.1) is 22.7 Å². The highest BCUT2D eigenvalue weighted by Gasteiger charge is 2.22. The van der Waals surface area contributed by atoms with Gasteiger partial charge in [0.1, 0.15) is 0 Å². The monoisotopic (exact) mass is 735 g/mol. The fraction of sp³-hybridized carbons (Fsp3) is 0. The van der Waals surface area contributed by atoms with Crippen LogP contribution in [0.5, 0.6) is 0 Å². The molecular weight excluding hydrogens is 703 g/mol. The Balaban J connectivity index is 1.15. The molecule has 2 aromatic heterocycles. The largest absolute Gasteiger partial charge is 0.308 e. The molecule has 0 aliphatic rings. The summed E-state index contributed by atoms with van der Waals surface area (Å²) in [6, 6.07) is 73.5. The first-order chi connectivity index (χ1) is 27.3. The number of benzene rings is 9. The van der Waals surface area contributed by atoms with Crippen LogP contribution in [0.15, 0.2) is 200 Å². The topological polar surface area (TPSA) is 3.24 Å². The van der Waals surface area contributed by atoms with Crippen molar-refractivity contribution in [2.75, 3.05) is 4.90 Å². The molecule has 0 aliphatic heterocycles. The summed E-state index contributed by atoms with van der Waals surface area (Å²) in [5.74, 6) is 0. The molecule has 0 radical (unpaired) electrons. The lowest BCUT2D eigenvalue weighted by atomic mass is 9.95. The van der Waals surface area contributed by atoms with Crippen LogP contribution in [-0.2, 0) is 0 Å². The zero-order valence-corrected chi connectivity index (χ0v) is 31.4. The first-order valence-electron chi connectivity index (χ1n) is 18.7. The number of anilines is 3. The van der Waals surface area contributed by atoms with Crippen LogP contribution in [-0.4, -0.2) is 0 Å². The lowest BCUT2D eigenvalue weighted by Gasteiger charge is -2.29. The fourth-order valence-corrected chi connectivity index (χ4v) is 10.7. The molecule has 0 spiro atoms. The smallest absolute Gasteiger partial charge is 0.0640 e. The third kappa shape index (κ3) is 5.43. The lowest BCUT2D eigenvalue weighted by Crippen LogP contribution is -2.11. The quantitative estimate of drug-likeness (QED) is 0.164. The minimum atomic E-state index is 1.12. The standard InChI is InChI=1S/C52H33NS2/c1-2-13-35(14-3-1)41-31-28-39(38-25-24-34-12-4-5-15-37(34)32-38)33-48(41)53(47-21-11-20-46-44-17-7-9-23-50(44)55-52(46)47)40-29-26-36(27-30-40)42-18-10-19-45-43-16-6-8-22-49(43)54-51(42)45/h1-33H. The normalized spacial score (nSPS) is 11.6. The van der Waals surface area contributed by atoms with Crippen molar-refractivity contribution in [1.82, 2.24) is 0 Å². The maximum Gasteiger partial charge on any atom is 0.0640 e. The molecule has 1 nitrogen and oxygen atoms in total. The van der Waals surface area contributed by atoms with Gasteiger partial charge in [0.05, 0.1) is 16.1 Å². The van der Waals surface area contributed by atoms with Crippen molar-refractivity contribution in [3.63, 3.8) is 0 Å². The van der Waals surface area contributed by atoms with Crippen LogP contribution in [0.3, 0.4) is 0 Å². The minimum Gasteiger partial charge on any atom is -0.308 e. The molecule has 0 unspecified atom stereocenters. The predicted molar refractivity (Wildman–Crippen MR) is 241 cm³/mol. The molecule has 0 saturated carbocycles. The molecule has 11 rings (SSSR count). The van der Waals surface area contributed by atoms with Gasteiger partial charge in [0.25, 0.3) is 0 Å². The van der Waals surface area contributed by atoms with E-state index in [1.54, 1.807) is 0 Å². The van der Waals surface area contributed by atoms with Gasteiger partial charge in [-0.2, -0.15) is 0 Å². The Morgan fingerprint density at radius 2 is 0.873 bits per heavy atom. The van der Waals surface area contributed by atoms with E-state index in [4.69, 9.17) is 0 Å². The summed E-state index contributed by atoms with van der Waals surface area (Å²) in [4.78, 5) is 2.49. The molecular formula is C52H33NS2. The molecule has 0 atom stereocenters. The van der Waals surface area contributed by atoms with E-state index >= 15 is 0 Å². The minimum absolute atomic E-state index is 1.12. The Morgan fingerprint density at radius 3 is 1.65 bits per heavy atom. The summed E-state index contributed by atoms with van der Waals surface area (Å²) in [6.07, 6.45) is 0. The van der Waals surface area contributed by atoms with Crippen molar-refractivity contribution in [1.29, 1.82) is 0 Å². The van der Waals surface area contributed by atoms with Gasteiger partial charge in [0, 0.05) is 46.9 Å². The van der Waals surface area contributed by atoms with E-state index in [9.17, 15) is 0 Å². The molecule has 9 aromatic carbocycles. The fourth-order valence-electron chi connectivity index (χ4n) is 8.21. The second-order valence-corrected chi connectivity index (χ2v) is 16.2. The summed E-state index contributed by atoms with van der Waals surface area (Å²) in [5, 5.41) is 7.70. The highest BCUT2D eigenvalue weighted by Crippen LogP contribution is 2.49. The summed E-state index contributed by atoms with van der Waals surface area (Å²) in [6.45, 7) is 0. The molecule has 55 heavy (non-hydrogen) atoms. The van der Waals surface area contributed by atoms with E-state index in [0.29, 0.717) is 0 Å². The zero-order chi connectivity index (χ0) is 36.3. The molecule has 0 amide bonds. The van der Waals surface area contributed by atoms with Crippen molar-refractivity contribution in [3.8, 4) is 33.4 Å². The Kier molecular flexibility index (Phi) is 7.61. The molecule has 3 heteroatoms. The van der Waals surface area contributed by atoms with Gasteiger partial charge < -0.3 is 4.90 Å². The first-order valence-corrected chi connectivity index (χ1v) is 20.3. The number of fused-ring (bicyclic) bond motifs is 7. The molecule has 11 aromatic rings. The van der Waals surface area contributed by atoms with Crippen LogP contribution in [0, 0.1) is 0 Å². The summed E-state index contributed by atoms with van der Waals surface area (Å²) in [5.41, 5.74) is 10.7. The van der Waals surface area contributed by atoms with Gasteiger partial charge in [-0.25, -0.2) is 0 Å². The van der Waals surface area contributed by atoms with Crippen LogP contribution < -0.4 is 4.90 Å². The van der Waals surface area contributed by atoms with Gasteiger partial charge >= 0.3 is 0 Å². The average molecular weight is 736 g/mol. The third-order valence-electron chi connectivity index (χ3n) is 10.9. The number of nitrogens with zero attached hydrogens (tertiary/aromatic N) is 1. The summed E-state index contributed by atoms with van der Waals surface area (Å²) in [7, 11) is 0. The molecule has 0 fully saturated rings. The van der Waals surface area contributed by atoms with Crippen LogP contribution in [0.25, 0.3) is 84.5 Å². The van der Waals surface area contributed by atoms with Crippen LogP contribution in [0.4, 0.5) is 17.1 Å². The number of rotatable bonds is 6. The van der Waals surface area contributed by atoms with Crippen molar-refractivity contribution in [2.24, 2.45) is 0 Å². The second-order valence-electron chi connectivity index (χ2n) is 14.1. The molecule has 0 bridgehead atoms. The molecule has 258 valence electrons. The number of hydrogen-bond donors (Lipinski definition) is 0. The SMILES string of the molecule is c1ccc(-c2ccc(-c3ccc4ccccc4c3)cc2N(c2ccc(-c3cccc4c3sc3ccccc34)cc2)c2cccc3c2sc2ccccc23)cc1. The van der Waals surface area contributed by atoms with Gasteiger partial charge in [-0.1, -0.05) is 158 Å². The van der Waals surface area contributed by atoms with E-state index in [0.717, 1.165) is 11.4 Å². The highest BCUT2D eigenvalue weighted by atomic mass is 32.1. The Hall–Kier alpha value is -6.52. The maximum absolute atomic E-state index is 2.49. The van der Waals surface area contributed by atoms with Crippen LogP contribution in [0.2, 0.25) is 0 Å². The van der Waals surface area contributed by atoms with E-state index in [2.05, 4.69) is 205 Å². The third-order valence-corrected chi connectivity index (χ3v) is 13.3. The zero-order valence-electron chi connectivity index (χ0n) is 29.8. The molecule has 2 heterocycles. The number of hydrogen-bond acceptors (Lipinski definition) is 3. The summed E-state index contributed by atoms with van der Waals surface area (Å²) < 4.78 is 5.23. The van der Waals surface area contributed by atoms with Gasteiger partial charge in [0.2, 0.25) is 0 Å². The molecule has 0 saturated heterocycles. The first kappa shape index (κ1) is 32.0. The van der Waals surface area contributed by atoms with E-state index < -0.39 is 0 Å². The van der Waals surface area contributed by atoms with E-state index in [1.165, 1.54) is 90.2 Å². The van der Waals surface area contributed by atoms with Crippen LogP contribution in [0.1, 0.15) is 0 Å². The summed E-state index contributed by atoms with van der Waals surface area (Å²) >= 11 is 3.75. The van der Waals surface area contributed by atoms with Gasteiger partial charge in [-0.3, -0.25) is 0 Å². The Bertz CT molecular complexity index is 3210. The van der Waals surface area contributed by atoms with Crippen LogP contribution >= 0.6 is 22.7 Å². The van der Waals surface area contributed by atoms with Gasteiger partial charge in [0.15, 0.2) is 0 Å². The van der Waals surface area contributed by atoms with Crippen molar-refractivity contribution in [3.05, 3.63) is 200 Å². The maximum atomic E-state index is 2.49. The Morgan fingerprint density at radius 1 is 0.309 bits per heavy atom. The number of thiophene rings is 2. The molecule has 0 N–H and O–H groups in total. The second kappa shape index (κ2) is 13.1. The van der Waals surface area contributed by atoms with E-state index in [-0.39, 0.29) is 0 Å². The van der Waals surface area contributed by atoms with E-state index in [1.807, 2.05) is 22.7 Å². The van der Waals surface area contributed by atoms with Crippen molar-refractivity contribution >= 4 is 90.9 Å². The predicted octanol–water partition coefficient (Wildman–Crippen LogP) is 16.0. The highest BCUT2D eigenvalue weighted by molar-refractivity contribution is 7.26. The van der Waals surface area contributed by atoms with Crippen molar-refractivity contribution < 1.29 is 0 Å². The Labute approximate surface area is 327 Å². The van der Waals surface area contributed by atoms with Crippen molar-refractivity contribution in [2.45, 2.75) is 0 Å².